The highest BCUT2D eigenvalue weighted by Gasteiger charge is 2.27. The maximum Gasteiger partial charge on any atom is 0.0877 e. The summed E-state index contributed by atoms with van der Waals surface area (Å²) in [6, 6.07) is 8.54. The number of nitrogens with one attached hydrogen (secondary N) is 1. The van der Waals surface area contributed by atoms with E-state index in [1.165, 1.54) is 31.2 Å². The van der Waals surface area contributed by atoms with E-state index in [-0.39, 0.29) is 6.10 Å². The van der Waals surface area contributed by atoms with Crippen LogP contribution in [0, 0.1) is 23.7 Å². The molecule has 0 aromatic heterocycles. The molecule has 2 aliphatic rings. The second-order valence-corrected chi connectivity index (χ2v) is 6.88. The molecule has 1 heterocycles. The summed E-state index contributed by atoms with van der Waals surface area (Å²) < 4.78 is 11.5. The lowest BCUT2D eigenvalue weighted by Crippen LogP contribution is -2.34. The second-order valence-electron chi connectivity index (χ2n) is 6.88. The fourth-order valence-corrected chi connectivity index (χ4v) is 3.30. The van der Waals surface area contributed by atoms with E-state index in [0.717, 1.165) is 38.3 Å². The first kappa shape index (κ1) is 17.5. The maximum absolute atomic E-state index is 6.35. The number of ether oxygens (including phenoxy) is 2. The molecule has 1 aliphatic carbocycles. The van der Waals surface area contributed by atoms with Crippen molar-refractivity contribution in [1.82, 2.24) is 5.32 Å². The third-order valence-corrected chi connectivity index (χ3v) is 4.81. The van der Waals surface area contributed by atoms with Crippen LogP contribution in [-0.4, -0.2) is 33.4 Å². The van der Waals surface area contributed by atoms with Crippen molar-refractivity contribution in [2.75, 3.05) is 33.4 Å². The average Bonchev–Trinajstić information content (AvgIpc) is 3.46. The van der Waals surface area contributed by atoms with Gasteiger partial charge in [-0.25, -0.2) is 0 Å². The van der Waals surface area contributed by atoms with E-state index < -0.39 is 0 Å². The largest absolute Gasteiger partial charge is 0.385 e. The molecule has 2 fully saturated rings. The number of rotatable bonds is 7. The van der Waals surface area contributed by atoms with Crippen LogP contribution in [0.3, 0.4) is 0 Å². The molecule has 1 saturated heterocycles. The molecule has 0 spiro atoms. The van der Waals surface area contributed by atoms with E-state index in [4.69, 9.17) is 9.47 Å². The fraction of sp³-hybridized carbons (Fsp3) is 0.619. The summed E-state index contributed by atoms with van der Waals surface area (Å²) in [4.78, 5) is 0. The number of hydrogen-bond donors (Lipinski definition) is 1. The maximum atomic E-state index is 6.35. The summed E-state index contributed by atoms with van der Waals surface area (Å²) in [5.74, 6) is 7.97. The number of methoxy groups -OCH3 is 1. The van der Waals surface area contributed by atoms with Crippen LogP contribution in [0.1, 0.15) is 49.3 Å². The van der Waals surface area contributed by atoms with Gasteiger partial charge in [0.05, 0.1) is 6.10 Å². The SMILES string of the molecule is COCCCO[C@@H](c1ccccc1C#CC1CC1)C1CCCNC1. The number of hydrogen-bond acceptors (Lipinski definition) is 3. The number of benzene rings is 1. The van der Waals surface area contributed by atoms with Crippen molar-refractivity contribution in [3.63, 3.8) is 0 Å². The van der Waals surface area contributed by atoms with E-state index in [1.54, 1.807) is 7.11 Å². The molecule has 3 rings (SSSR count). The molecule has 2 atom stereocenters. The molecule has 0 radical (unpaired) electrons. The second kappa shape index (κ2) is 9.22. The minimum Gasteiger partial charge on any atom is -0.385 e. The Morgan fingerprint density at radius 3 is 2.83 bits per heavy atom. The van der Waals surface area contributed by atoms with Crippen molar-refractivity contribution in [2.45, 2.75) is 38.2 Å². The summed E-state index contributed by atoms with van der Waals surface area (Å²) in [6.07, 6.45) is 6.02. The molecular weight excluding hydrogens is 298 g/mol. The van der Waals surface area contributed by atoms with Gasteiger partial charge < -0.3 is 14.8 Å². The highest BCUT2D eigenvalue weighted by molar-refractivity contribution is 5.43. The zero-order valence-electron chi connectivity index (χ0n) is 14.7. The molecule has 3 nitrogen and oxygen atoms in total. The van der Waals surface area contributed by atoms with Crippen molar-refractivity contribution >= 4 is 0 Å². The van der Waals surface area contributed by atoms with Gasteiger partial charge in [-0.2, -0.15) is 0 Å². The first-order valence-electron chi connectivity index (χ1n) is 9.30. The van der Waals surface area contributed by atoms with Gasteiger partial charge in [0.25, 0.3) is 0 Å². The predicted octanol–water partition coefficient (Wildman–Crippen LogP) is 3.54. The van der Waals surface area contributed by atoms with E-state index in [9.17, 15) is 0 Å². The summed E-state index contributed by atoms with van der Waals surface area (Å²) in [5, 5.41) is 3.53. The van der Waals surface area contributed by atoms with Crippen LogP contribution in [0.4, 0.5) is 0 Å². The normalized spacial score (nSPS) is 21.8. The van der Waals surface area contributed by atoms with Gasteiger partial charge >= 0.3 is 0 Å². The lowest BCUT2D eigenvalue weighted by molar-refractivity contribution is -0.00515. The van der Waals surface area contributed by atoms with E-state index in [0.29, 0.717) is 11.8 Å². The first-order chi connectivity index (χ1) is 11.9. The van der Waals surface area contributed by atoms with E-state index in [2.05, 4.69) is 41.4 Å². The topological polar surface area (TPSA) is 30.5 Å². The molecule has 130 valence electrons. The van der Waals surface area contributed by atoms with Gasteiger partial charge in [-0.15, -0.1) is 0 Å². The average molecular weight is 327 g/mol. The Morgan fingerprint density at radius 1 is 1.21 bits per heavy atom. The Balaban J connectivity index is 1.77. The minimum absolute atomic E-state index is 0.124. The van der Waals surface area contributed by atoms with Gasteiger partial charge in [-0.05, 0) is 50.3 Å². The van der Waals surface area contributed by atoms with Gasteiger partial charge in [0, 0.05) is 44.3 Å². The Labute approximate surface area is 146 Å². The third kappa shape index (κ3) is 5.08. The number of piperidine rings is 1. The highest BCUT2D eigenvalue weighted by atomic mass is 16.5. The molecule has 1 N–H and O–H groups in total. The summed E-state index contributed by atoms with van der Waals surface area (Å²) in [6.45, 7) is 3.63. The van der Waals surface area contributed by atoms with Crippen LogP contribution in [0.25, 0.3) is 0 Å². The molecule has 1 saturated carbocycles. The molecule has 3 heteroatoms. The minimum atomic E-state index is 0.124. The first-order valence-corrected chi connectivity index (χ1v) is 9.30. The van der Waals surface area contributed by atoms with Crippen molar-refractivity contribution in [2.24, 2.45) is 11.8 Å². The van der Waals surface area contributed by atoms with Gasteiger partial charge in [0.15, 0.2) is 0 Å². The quantitative estimate of drug-likeness (QED) is 0.614. The molecule has 1 aromatic rings. The molecule has 1 aromatic carbocycles. The summed E-state index contributed by atoms with van der Waals surface area (Å²) in [5.41, 5.74) is 2.41. The Bertz CT molecular complexity index is 565. The molecule has 0 bridgehead atoms. The van der Waals surface area contributed by atoms with Crippen LogP contribution in [0.2, 0.25) is 0 Å². The van der Waals surface area contributed by atoms with Crippen molar-refractivity contribution in [3.8, 4) is 11.8 Å². The van der Waals surface area contributed by atoms with Crippen LogP contribution < -0.4 is 5.32 Å². The predicted molar refractivity (Wildman–Crippen MR) is 96.8 cm³/mol. The molecule has 0 amide bonds. The zero-order valence-corrected chi connectivity index (χ0v) is 14.7. The van der Waals surface area contributed by atoms with Gasteiger partial charge in [0.1, 0.15) is 0 Å². The Morgan fingerprint density at radius 2 is 2.08 bits per heavy atom. The van der Waals surface area contributed by atoms with E-state index >= 15 is 0 Å². The standard InChI is InChI=1S/C21H29NO2/c1-23-14-5-15-24-21(19-7-4-13-22-16-19)20-8-3-2-6-18(20)12-11-17-9-10-17/h2-3,6,8,17,19,21-22H,4-5,7,9-10,13-16H2,1H3/t19?,21-/m1/s1. The highest BCUT2D eigenvalue weighted by Crippen LogP contribution is 2.33. The zero-order chi connectivity index (χ0) is 16.6. The van der Waals surface area contributed by atoms with Crippen LogP contribution in [0.5, 0.6) is 0 Å². The molecule has 1 unspecified atom stereocenters. The van der Waals surface area contributed by atoms with Crippen molar-refractivity contribution in [3.05, 3.63) is 35.4 Å². The summed E-state index contributed by atoms with van der Waals surface area (Å²) >= 11 is 0. The van der Waals surface area contributed by atoms with Crippen LogP contribution in [-0.2, 0) is 9.47 Å². The Kier molecular flexibility index (Phi) is 6.72. The van der Waals surface area contributed by atoms with Gasteiger partial charge in [0.2, 0.25) is 0 Å². The van der Waals surface area contributed by atoms with Gasteiger partial charge in [-0.3, -0.25) is 0 Å². The van der Waals surface area contributed by atoms with Crippen LogP contribution >= 0.6 is 0 Å². The summed E-state index contributed by atoms with van der Waals surface area (Å²) in [7, 11) is 1.74. The van der Waals surface area contributed by atoms with Crippen molar-refractivity contribution < 1.29 is 9.47 Å². The molecular formula is C21H29NO2. The third-order valence-electron chi connectivity index (χ3n) is 4.81. The lowest BCUT2D eigenvalue weighted by Gasteiger charge is -2.31. The molecule has 1 aliphatic heterocycles. The Hall–Kier alpha value is -1.34. The lowest BCUT2D eigenvalue weighted by atomic mass is 9.87. The monoisotopic (exact) mass is 327 g/mol. The fourth-order valence-electron chi connectivity index (χ4n) is 3.30. The van der Waals surface area contributed by atoms with Crippen molar-refractivity contribution in [1.29, 1.82) is 0 Å². The van der Waals surface area contributed by atoms with E-state index in [1.807, 2.05) is 0 Å². The molecule has 24 heavy (non-hydrogen) atoms. The van der Waals surface area contributed by atoms with Crippen LogP contribution in [0.15, 0.2) is 24.3 Å². The van der Waals surface area contributed by atoms with Gasteiger partial charge in [-0.1, -0.05) is 30.0 Å². The smallest absolute Gasteiger partial charge is 0.0877 e.